The average molecular weight is 292 g/mol. The second kappa shape index (κ2) is 7.33. The number of hydrogen-bond acceptors (Lipinski definition) is 3. The van der Waals surface area contributed by atoms with Gasteiger partial charge >= 0.3 is 0 Å². The second-order valence-corrected chi connectivity index (χ2v) is 5.77. The monoisotopic (exact) mass is 292 g/mol. The standard InChI is InChI=1S/C15H20N2O2S/c1-2-13-15(19)16-8-9-17(13)14(18)11-20-10-12-6-4-3-5-7-12/h3-7,13H,2,8-11H2,1H3,(H,16,19). The van der Waals surface area contributed by atoms with Crippen molar-refractivity contribution in [2.24, 2.45) is 0 Å². The number of amides is 2. The summed E-state index contributed by atoms with van der Waals surface area (Å²) >= 11 is 1.60. The number of carbonyl (C=O) groups excluding carboxylic acids is 2. The highest BCUT2D eigenvalue weighted by Crippen LogP contribution is 2.15. The van der Waals surface area contributed by atoms with Gasteiger partial charge in [-0.3, -0.25) is 9.59 Å². The van der Waals surface area contributed by atoms with Crippen LogP contribution in [-0.2, 0) is 15.3 Å². The number of benzene rings is 1. The molecule has 2 rings (SSSR count). The Morgan fingerprint density at radius 3 is 2.85 bits per heavy atom. The lowest BCUT2D eigenvalue weighted by molar-refractivity contribution is -0.141. The van der Waals surface area contributed by atoms with E-state index in [1.807, 2.05) is 25.1 Å². The van der Waals surface area contributed by atoms with Gasteiger partial charge in [0.1, 0.15) is 6.04 Å². The Balaban J connectivity index is 1.83. The molecule has 1 aromatic rings. The van der Waals surface area contributed by atoms with Crippen LogP contribution in [0.3, 0.4) is 0 Å². The summed E-state index contributed by atoms with van der Waals surface area (Å²) in [5.41, 5.74) is 1.22. The van der Waals surface area contributed by atoms with Crippen LogP contribution in [0, 0.1) is 0 Å². The first kappa shape index (κ1) is 14.9. The molecule has 1 fully saturated rings. The lowest BCUT2D eigenvalue weighted by Gasteiger charge is -2.34. The fourth-order valence-electron chi connectivity index (χ4n) is 2.33. The molecule has 0 spiro atoms. The Kier molecular flexibility index (Phi) is 5.47. The van der Waals surface area contributed by atoms with Gasteiger partial charge in [0.15, 0.2) is 0 Å². The van der Waals surface area contributed by atoms with E-state index in [1.165, 1.54) is 5.56 Å². The van der Waals surface area contributed by atoms with Crippen LogP contribution in [0.25, 0.3) is 0 Å². The first-order valence-electron chi connectivity index (χ1n) is 6.91. The Labute approximate surface area is 123 Å². The van der Waals surface area contributed by atoms with E-state index in [1.54, 1.807) is 16.7 Å². The molecule has 4 nitrogen and oxygen atoms in total. The van der Waals surface area contributed by atoms with Crippen LogP contribution in [0.15, 0.2) is 30.3 Å². The Morgan fingerprint density at radius 2 is 2.15 bits per heavy atom. The molecule has 1 aromatic carbocycles. The van der Waals surface area contributed by atoms with Crippen molar-refractivity contribution in [3.63, 3.8) is 0 Å². The zero-order valence-corrected chi connectivity index (χ0v) is 12.5. The average Bonchev–Trinajstić information content (AvgIpc) is 2.48. The van der Waals surface area contributed by atoms with Gasteiger partial charge in [0.25, 0.3) is 0 Å². The van der Waals surface area contributed by atoms with Gasteiger partial charge < -0.3 is 10.2 Å². The van der Waals surface area contributed by atoms with E-state index in [2.05, 4.69) is 17.4 Å². The molecule has 0 aromatic heterocycles. The predicted octanol–water partition coefficient (Wildman–Crippen LogP) is 1.66. The smallest absolute Gasteiger partial charge is 0.242 e. The van der Waals surface area contributed by atoms with Crippen molar-refractivity contribution >= 4 is 23.6 Å². The number of nitrogens with one attached hydrogen (secondary N) is 1. The normalized spacial score (nSPS) is 18.8. The van der Waals surface area contributed by atoms with Gasteiger partial charge in [-0.15, -0.1) is 11.8 Å². The molecular weight excluding hydrogens is 272 g/mol. The third-order valence-corrected chi connectivity index (χ3v) is 4.36. The third kappa shape index (κ3) is 3.76. The van der Waals surface area contributed by atoms with Crippen LogP contribution in [0.4, 0.5) is 0 Å². The Hall–Kier alpha value is -1.49. The fourth-order valence-corrected chi connectivity index (χ4v) is 3.20. The maximum Gasteiger partial charge on any atom is 0.242 e. The van der Waals surface area contributed by atoms with Crippen molar-refractivity contribution in [3.05, 3.63) is 35.9 Å². The zero-order chi connectivity index (χ0) is 14.4. The van der Waals surface area contributed by atoms with Crippen LogP contribution in [-0.4, -0.2) is 41.6 Å². The van der Waals surface area contributed by atoms with E-state index in [-0.39, 0.29) is 17.9 Å². The first-order chi connectivity index (χ1) is 9.72. The fraction of sp³-hybridized carbons (Fsp3) is 0.467. The zero-order valence-electron chi connectivity index (χ0n) is 11.7. The molecule has 1 aliphatic heterocycles. The summed E-state index contributed by atoms with van der Waals surface area (Å²) in [5, 5.41) is 2.81. The molecular formula is C15H20N2O2S. The Morgan fingerprint density at radius 1 is 1.40 bits per heavy atom. The summed E-state index contributed by atoms with van der Waals surface area (Å²) in [5.74, 6) is 1.29. The molecule has 1 saturated heterocycles. The minimum absolute atomic E-state index is 0.0276. The van der Waals surface area contributed by atoms with Gasteiger partial charge in [-0.25, -0.2) is 0 Å². The van der Waals surface area contributed by atoms with E-state index in [0.29, 0.717) is 25.3 Å². The number of hydrogen-bond donors (Lipinski definition) is 1. The molecule has 0 bridgehead atoms. The first-order valence-corrected chi connectivity index (χ1v) is 8.06. The molecule has 1 atom stereocenters. The summed E-state index contributed by atoms with van der Waals surface area (Å²) in [7, 11) is 0. The molecule has 0 aliphatic carbocycles. The van der Waals surface area contributed by atoms with Crippen LogP contribution in [0.1, 0.15) is 18.9 Å². The minimum Gasteiger partial charge on any atom is -0.353 e. The van der Waals surface area contributed by atoms with Gasteiger partial charge in [-0.05, 0) is 12.0 Å². The molecule has 2 amide bonds. The van der Waals surface area contributed by atoms with Gasteiger partial charge in [-0.1, -0.05) is 37.3 Å². The van der Waals surface area contributed by atoms with Crippen molar-refractivity contribution in [1.29, 1.82) is 0 Å². The number of rotatable bonds is 5. The molecule has 1 aliphatic rings. The second-order valence-electron chi connectivity index (χ2n) is 4.78. The van der Waals surface area contributed by atoms with Crippen molar-refractivity contribution in [2.45, 2.75) is 25.1 Å². The van der Waals surface area contributed by atoms with Gasteiger partial charge in [0, 0.05) is 18.8 Å². The molecule has 5 heteroatoms. The third-order valence-electron chi connectivity index (χ3n) is 3.37. The van der Waals surface area contributed by atoms with E-state index >= 15 is 0 Å². The SMILES string of the molecule is CCC1C(=O)NCCN1C(=O)CSCc1ccccc1. The quantitative estimate of drug-likeness (QED) is 0.898. The van der Waals surface area contributed by atoms with E-state index in [4.69, 9.17) is 0 Å². The van der Waals surface area contributed by atoms with Crippen molar-refractivity contribution in [2.75, 3.05) is 18.8 Å². The lowest BCUT2D eigenvalue weighted by Crippen LogP contribution is -2.57. The van der Waals surface area contributed by atoms with Crippen LogP contribution in [0.5, 0.6) is 0 Å². The summed E-state index contributed by atoms with van der Waals surface area (Å²) in [6.45, 7) is 3.12. The highest BCUT2D eigenvalue weighted by Gasteiger charge is 2.31. The van der Waals surface area contributed by atoms with Crippen molar-refractivity contribution < 1.29 is 9.59 Å². The number of nitrogens with zero attached hydrogens (tertiary/aromatic N) is 1. The molecule has 1 heterocycles. The largest absolute Gasteiger partial charge is 0.353 e. The number of carbonyl (C=O) groups is 2. The minimum atomic E-state index is -0.298. The number of piperazine rings is 1. The maximum absolute atomic E-state index is 12.2. The summed E-state index contributed by atoms with van der Waals surface area (Å²) in [6, 6.07) is 9.80. The van der Waals surface area contributed by atoms with Crippen molar-refractivity contribution in [3.8, 4) is 0 Å². The van der Waals surface area contributed by atoms with Crippen LogP contribution in [0.2, 0.25) is 0 Å². The predicted molar refractivity (Wildman–Crippen MR) is 81.4 cm³/mol. The van der Waals surface area contributed by atoms with E-state index in [9.17, 15) is 9.59 Å². The molecule has 1 unspecified atom stereocenters. The van der Waals surface area contributed by atoms with Gasteiger partial charge in [0.2, 0.25) is 11.8 Å². The summed E-state index contributed by atoms with van der Waals surface area (Å²) in [4.78, 5) is 25.7. The molecule has 1 N–H and O–H groups in total. The van der Waals surface area contributed by atoms with Crippen LogP contribution < -0.4 is 5.32 Å². The molecule has 0 radical (unpaired) electrons. The van der Waals surface area contributed by atoms with Crippen LogP contribution >= 0.6 is 11.8 Å². The molecule has 20 heavy (non-hydrogen) atoms. The molecule has 0 saturated carbocycles. The highest BCUT2D eigenvalue weighted by molar-refractivity contribution is 7.99. The van der Waals surface area contributed by atoms with E-state index < -0.39 is 0 Å². The van der Waals surface area contributed by atoms with Gasteiger partial charge in [0.05, 0.1) is 5.75 Å². The summed E-state index contributed by atoms with van der Waals surface area (Å²) in [6.07, 6.45) is 0.668. The maximum atomic E-state index is 12.2. The highest BCUT2D eigenvalue weighted by atomic mass is 32.2. The topological polar surface area (TPSA) is 49.4 Å². The summed E-state index contributed by atoms with van der Waals surface area (Å²) < 4.78 is 0. The number of thioether (sulfide) groups is 1. The lowest BCUT2D eigenvalue weighted by atomic mass is 10.1. The Bertz CT molecular complexity index is 464. The molecule has 108 valence electrons. The van der Waals surface area contributed by atoms with Crippen molar-refractivity contribution in [1.82, 2.24) is 10.2 Å². The van der Waals surface area contributed by atoms with Gasteiger partial charge in [-0.2, -0.15) is 0 Å². The van der Waals surface area contributed by atoms with E-state index in [0.717, 1.165) is 5.75 Å².